The number of nitrogens with one attached hydrogen (secondary N) is 1. The van der Waals surface area contributed by atoms with Gasteiger partial charge in [-0.3, -0.25) is 0 Å². The van der Waals surface area contributed by atoms with Gasteiger partial charge in [0.1, 0.15) is 0 Å². The summed E-state index contributed by atoms with van der Waals surface area (Å²) in [5.74, 6) is 0. The minimum Gasteiger partial charge on any atom is -0.311 e. The largest absolute Gasteiger partial charge is 0.466 e. The number of hydrogen-bond donors (Lipinski definition) is 4. The van der Waals surface area contributed by atoms with E-state index in [4.69, 9.17) is 19.2 Å². The summed E-state index contributed by atoms with van der Waals surface area (Å²) in [4.78, 5) is 21.6. The second-order valence-corrected chi connectivity index (χ2v) is 9.63. The predicted molar refractivity (Wildman–Crippen MR) is 120 cm³/mol. The van der Waals surface area contributed by atoms with Gasteiger partial charge in [-0.15, -0.1) is 0 Å². The molecule has 164 valence electrons. The molecule has 2 fully saturated rings. The summed E-state index contributed by atoms with van der Waals surface area (Å²) >= 11 is 0. The van der Waals surface area contributed by atoms with Gasteiger partial charge in [0.15, 0.2) is 0 Å². The summed E-state index contributed by atoms with van der Waals surface area (Å²) in [6.07, 6.45) is 12.1. The zero-order chi connectivity index (χ0) is 21.5. The van der Waals surface area contributed by atoms with Crippen molar-refractivity contribution in [3.05, 3.63) is 71.8 Å². The van der Waals surface area contributed by atoms with Crippen molar-refractivity contribution in [3.63, 3.8) is 0 Å². The average molecular weight is 432 g/mol. The van der Waals surface area contributed by atoms with Gasteiger partial charge in [-0.2, -0.15) is 0 Å². The molecular formula is C24H34NO4P. The summed E-state index contributed by atoms with van der Waals surface area (Å²) < 4.78 is 8.88. The molecule has 0 spiro atoms. The van der Waals surface area contributed by atoms with E-state index in [1.165, 1.54) is 68.9 Å². The van der Waals surface area contributed by atoms with Crippen LogP contribution in [0.2, 0.25) is 0 Å². The van der Waals surface area contributed by atoms with Crippen molar-refractivity contribution in [2.24, 2.45) is 0 Å². The highest BCUT2D eigenvalue weighted by Gasteiger charge is 2.38. The Bertz CT molecular complexity index is 745. The maximum absolute atomic E-state index is 8.88. The molecule has 0 aromatic heterocycles. The van der Waals surface area contributed by atoms with Crippen molar-refractivity contribution < 1.29 is 19.2 Å². The summed E-state index contributed by atoms with van der Waals surface area (Å²) in [5, 5.41) is 4.00. The number of phosphoric acid groups is 1. The molecule has 0 atom stereocenters. The lowest BCUT2D eigenvalue weighted by Crippen LogP contribution is -2.45. The van der Waals surface area contributed by atoms with E-state index >= 15 is 0 Å². The van der Waals surface area contributed by atoms with Gasteiger partial charge in [-0.25, -0.2) is 4.57 Å². The van der Waals surface area contributed by atoms with Crippen LogP contribution in [0.5, 0.6) is 0 Å². The van der Waals surface area contributed by atoms with Crippen molar-refractivity contribution in [1.29, 1.82) is 0 Å². The number of hydrogen-bond acceptors (Lipinski definition) is 2. The van der Waals surface area contributed by atoms with Crippen LogP contribution >= 0.6 is 7.82 Å². The monoisotopic (exact) mass is 431 g/mol. The highest BCUT2D eigenvalue weighted by molar-refractivity contribution is 7.45. The lowest BCUT2D eigenvalue weighted by Gasteiger charge is -2.42. The van der Waals surface area contributed by atoms with Gasteiger partial charge in [0.05, 0.1) is 0 Å². The molecule has 6 heteroatoms. The van der Waals surface area contributed by atoms with Gasteiger partial charge >= 0.3 is 7.82 Å². The molecule has 2 aromatic carbocycles. The van der Waals surface area contributed by atoms with Gasteiger partial charge in [-0.05, 0) is 49.7 Å². The summed E-state index contributed by atoms with van der Waals surface area (Å²) in [5.41, 5.74) is 3.20. The maximum Gasteiger partial charge on any atom is 0.466 e. The Morgan fingerprint density at radius 3 is 1.53 bits per heavy atom. The zero-order valence-corrected chi connectivity index (χ0v) is 18.4. The van der Waals surface area contributed by atoms with Gasteiger partial charge in [0, 0.05) is 17.5 Å². The molecule has 0 aliphatic heterocycles. The molecule has 5 nitrogen and oxygen atoms in total. The quantitative estimate of drug-likeness (QED) is 0.517. The Morgan fingerprint density at radius 1 is 0.700 bits per heavy atom. The number of rotatable bonds is 4. The Balaban J connectivity index is 0.000000461. The van der Waals surface area contributed by atoms with E-state index in [2.05, 4.69) is 66.0 Å². The van der Waals surface area contributed by atoms with E-state index in [1.807, 2.05) is 0 Å². The molecule has 2 aliphatic rings. The Hall–Kier alpha value is -1.49. The Morgan fingerprint density at radius 2 is 1.10 bits per heavy atom. The van der Waals surface area contributed by atoms with E-state index in [9.17, 15) is 0 Å². The lowest BCUT2D eigenvalue weighted by molar-refractivity contribution is 0.246. The normalized spacial score (nSPS) is 20.2. The standard InChI is InChI=1S/C24H31N.H3O4P/c1-4-10-20(11-5-1)24(21-12-6-2-7-13-21)18-16-23(17-19-24)25-22-14-8-3-9-15-22;1-5(2,3)4/h1-2,4-7,10-13,22-23,25H,3,8-9,14-19H2;(H3,1,2,3,4). The molecule has 0 radical (unpaired) electrons. The third-order valence-electron chi connectivity index (χ3n) is 6.57. The van der Waals surface area contributed by atoms with Crippen LogP contribution in [0.1, 0.15) is 68.9 Å². The van der Waals surface area contributed by atoms with Crippen molar-refractivity contribution in [3.8, 4) is 0 Å². The second-order valence-electron chi connectivity index (χ2n) is 8.60. The fourth-order valence-electron chi connectivity index (χ4n) is 5.14. The highest BCUT2D eigenvalue weighted by Crippen LogP contribution is 2.45. The van der Waals surface area contributed by atoms with Crippen molar-refractivity contribution in [2.75, 3.05) is 0 Å². The van der Waals surface area contributed by atoms with Crippen LogP contribution in [0.25, 0.3) is 0 Å². The molecule has 0 amide bonds. The van der Waals surface area contributed by atoms with Crippen LogP contribution in [0.15, 0.2) is 60.7 Å². The third-order valence-corrected chi connectivity index (χ3v) is 6.57. The van der Waals surface area contributed by atoms with E-state index in [0.717, 1.165) is 6.04 Å². The van der Waals surface area contributed by atoms with Gasteiger partial charge in [0.2, 0.25) is 0 Å². The van der Waals surface area contributed by atoms with Crippen LogP contribution in [-0.4, -0.2) is 26.8 Å². The average Bonchev–Trinajstić information content (AvgIpc) is 2.75. The van der Waals surface area contributed by atoms with Gasteiger partial charge in [0.25, 0.3) is 0 Å². The molecule has 0 unspecified atom stereocenters. The Labute approximate surface area is 179 Å². The molecular weight excluding hydrogens is 397 g/mol. The first kappa shape index (κ1) is 23.2. The van der Waals surface area contributed by atoms with Crippen LogP contribution in [0, 0.1) is 0 Å². The SMILES string of the molecule is O=P(O)(O)O.c1ccc(C2(c3ccccc3)CCC(NC3CCCCC3)CC2)cc1. The minimum atomic E-state index is -4.64. The summed E-state index contributed by atoms with van der Waals surface area (Å²) in [6, 6.07) is 23.9. The molecule has 0 heterocycles. The van der Waals surface area contributed by atoms with E-state index in [1.54, 1.807) is 0 Å². The lowest BCUT2D eigenvalue weighted by atomic mass is 9.64. The third kappa shape index (κ3) is 6.76. The smallest absolute Gasteiger partial charge is 0.311 e. The highest BCUT2D eigenvalue weighted by atomic mass is 31.2. The zero-order valence-electron chi connectivity index (χ0n) is 17.5. The van der Waals surface area contributed by atoms with E-state index < -0.39 is 7.82 Å². The first-order chi connectivity index (χ1) is 14.4. The maximum atomic E-state index is 8.88. The van der Waals surface area contributed by atoms with Crippen LogP contribution in [-0.2, 0) is 9.98 Å². The molecule has 0 bridgehead atoms. The predicted octanol–water partition coefficient (Wildman–Crippen LogP) is 4.91. The van der Waals surface area contributed by atoms with Gasteiger partial charge < -0.3 is 20.0 Å². The fourth-order valence-corrected chi connectivity index (χ4v) is 5.14. The van der Waals surface area contributed by atoms with E-state index in [-0.39, 0.29) is 5.41 Å². The molecule has 2 aliphatic carbocycles. The molecule has 30 heavy (non-hydrogen) atoms. The fraction of sp³-hybridized carbons (Fsp3) is 0.500. The van der Waals surface area contributed by atoms with Crippen molar-refractivity contribution >= 4 is 7.82 Å². The minimum absolute atomic E-state index is 0.202. The van der Waals surface area contributed by atoms with Gasteiger partial charge in [-0.1, -0.05) is 79.9 Å². The molecule has 0 saturated heterocycles. The second kappa shape index (κ2) is 10.7. The Kier molecular flexibility index (Phi) is 8.27. The van der Waals surface area contributed by atoms with Crippen molar-refractivity contribution in [2.45, 2.75) is 75.3 Å². The van der Waals surface area contributed by atoms with Crippen LogP contribution in [0.4, 0.5) is 0 Å². The van der Waals surface area contributed by atoms with Crippen LogP contribution in [0.3, 0.4) is 0 Å². The molecule has 4 N–H and O–H groups in total. The molecule has 2 aromatic rings. The van der Waals surface area contributed by atoms with Crippen molar-refractivity contribution in [1.82, 2.24) is 5.32 Å². The summed E-state index contributed by atoms with van der Waals surface area (Å²) in [6.45, 7) is 0. The first-order valence-electron chi connectivity index (χ1n) is 11.0. The van der Waals surface area contributed by atoms with E-state index in [0.29, 0.717) is 6.04 Å². The topological polar surface area (TPSA) is 89.8 Å². The van der Waals surface area contributed by atoms with Crippen LogP contribution < -0.4 is 5.32 Å². The summed E-state index contributed by atoms with van der Waals surface area (Å²) in [7, 11) is -4.64. The molecule has 2 saturated carbocycles. The number of benzene rings is 2. The first-order valence-corrected chi connectivity index (χ1v) is 12.6. The molecule has 4 rings (SSSR count).